The van der Waals surface area contributed by atoms with E-state index in [1.165, 1.54) is 12.8 Å². The molecular formula is C19H25NO. The van der Waals surface area contributed by atoms with Crippen molar-refractivity contribution in [1.29, 1.82) is 0 Å². The maximum atomic E-state index is 12.2. The Bertz CT molecular complexity index is 560. The zero-order chi connectivity index (χ0) is 15.1. The highest BCUT2D eigenvalue weighted by Gasteiger charge is 2.61. The Kier molecular flexibility index (Phi) is 3.43. The van der Waals surface area contributed by atoms with Crippen LogP contribution in [0.1, 0.15) is 45.6 Å². The minimum Gasteiger partial charge on any atom is -0.349 e. The van der Waals surface area contributed by atoms with Crippen LogP contribution in [0.5, 0.6) is 0 Å². The zero-order valence-electron chi connectivity index (χ0n) is 13.2. The average Bonchev–Trinajstić information content (AvgIpc) is 2.79. The molecule has 0 aliphatic heterocycles. The molecule has 1 aromatic carbocycles. The third-order valence-electron chi connectivity index (χ3n) is 6.34. The molecule has 112 valence electrons. The molecule has 21 heavy (non-hydrogen) atoms. The van der Waals surface area contributed by atoms with Gasteiger partial charge in [0.15, 0.2) is 0 Å². The lowest BCUT2D eigenvalue weighted by Crippen LogP contribution is -2.46. The molecule has 2 aliphatic rings. The van der Waals surface area contributed by atoms with Crippen LogP contribution >= 0.6 is 0 Å². The predicted molar refractivity (Wildman–Crippen MR) is 86.6 cm³/mol. The molecule has 0 saturated heterocycles. The summed E-state index contributed by atoms with van der Waals surface area (Å²) in [5, 5.41) is 3.25. The maximum Gasteiger partial charge on any atom is 0.244 e. The van der Waals surface area contributed by atoms with Gasteiger partial charge in [-0.2, -0.15) is 0 Å². The molecule has 3 rings (SSSR count). The fourth-order valence-electron chi connectivity index (χ4n) is 4.38. The molecule has 1 aromatic rings. The first kappa shape index (κ1) is 14.4. The van der Waals surface area contributed by atoms with E-state index < -0.39 is 0 Å². The summed E-state index contributed by atoms with van der Waals surface area (Å²) in [6, 6.07) is 10.3. The fourth-order valence-corrected chi connectivity index (χ4v) is 4.38. The quantitative estimate of drug-likeness (QED) is 0.834. The number of rotatable bonds is 3. The van der Waals surface area contributed by atoms with Gasteiger partial charge in [-0.15, -0.1) is 0 Å². The van der Waals surface area contributed by atoms with Crippen LogP contribution in [-0.2, 0) is 4.79 Å². The monoisotopic (exact) mass is 283 g/mol. The Morgan fingerprint density at radius 1 is 1.24 bits per heavy atom. The molecule has 2 bridgehead atoms. The van der Waals surface area contributed by atoms with Gasteiger partial charge in [-0.1, -0.05) is 51.1 Å². The number of hydrogen-bond donors (Lipinski definition) is 1. The molecule has 0 radical (unpaired) electrons. The minimum atomic E-state index is 0.0356. The SMILES string of the molecule is CC1(C)[C@@H]2CC[C@]1(C)[C@H](NC(=O)/C=C/c1ccccc1)C2. The van der Waals surface area contributed by atoms with Crippen molar-refractivity contribution in [3.63, 3.8) is 0 Å². The summed E-state index contributed by atoms with van der Waals surface area (Å²) < 4.78 is 0. The van der Waals surface area contributed by atoms with Crippen LogP contribution in [0.25, 0.3) is 6.08 Å². The third-order valence-corrected chi connectivity index (χ3v) is 6.34. The Morgan fingerprint density at radius 2 is 1.95 bits per heavy atom. The van der Waals surface area contributed by atoms with Crippen LogP contribution in [-0.4, -0.2) is 11.9 Å². The summed E-state index contributed by atoms with van der Waals surface area (Å²) in [4.78, 5) is 12.2. The van der Waals surface area contributed by atoms with Crippen molar-refractivity contribution in [3.05, 3.63) is 42.0 Å². The Labute approximate surface area is 127 Å². The highest BCUT2D eigenvalue weighted by Crippen LogP contribution is 2.65. The van der Waals surface area contributed by atoms with Gasteiger partial charge in [-0.3, -0.25) is 4.79 Å². The highest BCUT2D eigenvalue weighted by atomic mass is 16.1. The van der Waals surface area contributed by atoms with Crippen molar-refractivity contribution in [1.82, 2.24) is 5.32 Å². The van der Waals surface area contributed by atoms with Gasteiger partial charge in [0.25, 0.3) is 0 Å². The van der Waals surface area contributed by atoms with Crippen molar-refractivity contribution in [2.45, 2.75) is 46.1 Å². The van der Waals surface area contributed by atoms with Gasteiger partial charge in [0.05, 0.1) is 0 Å². The number of fused-ring (bicyclic) bond motifs is 2. The largest absolute Gasteiger partial charge is 0.349 e. The van der Waals surface area contributed by atoms with E-state index in [1.54, 1.807) is 6.08 Å². The van der Waals surface area contributed by atoms with Crippen LogP contribution < -0.4 is 5.32 Å². The Balaban J connectivity index is 1.66. The van der Waals surface area contributed by atoms with Crippen molar-refractivity contribution < 1.29 is 4.79 Å². The summed E-state index contributed by atoms with van der Waals surface area (Å²) in [5.41, 5.74) is 1.65. The van der Waals surface area contributed by atoms with Crippen molar-refractivity contribution in [3.8, 4) is 0 Å². The molecule has 0 unspecified atom stereocenters. The van der Waals surface area contributed by atoms with Crippen molar-refractivity contribution in [2.75, 3.05) is 0 Å². The van der Waals surface area contributed by atoms with Crippen LogP contribution in [0.15, 0.2) is 36.4 Å². The van der Waals surface area contributed by atoms with E-state index in [0.717, 1.165) is 17.9 Å². The molecule has 2 nitrogen and oxygen atoms in total. The molecule has 2 heteroatoms. The lowest BCUT2D eigenvalue weighted by Gasteiger charge is -2.39. The molecule has 2 saturated carbocycles. The second kappa shape index (κ2) is 5.01. The normalized spacial score (nSPS) is 33.5. The lowest BCUT2D eigenvalue weighted by atomic mass is 9.69. The first-order valence-electron chi connectivity index (χ1n) is 7.97. The van der Waals surface area contributed by atoms with Gasteiger partial charge < -0.3 is 5.32 Å². The minimum absolute atomic E-state index is 0.0356. The first-order chi connectivity index (χ1) is 9.93. The number of hydrogen-bond acceptors (Lipinski definition) is 1. The molecule has 2 aliphatic carbocycles. The number of carbonyl (C=O) groups excluding carboxylic acids is 1. The predicted octanol–water partition coefficient (Wildman–Crippen LogP) is 4.03. The van der Waals surface area contributed by atoms with E-state index >= 15 is 0 Å². The number of benzene rings is 1. The van der Waals surface area contributed by atoms with E-state index in [-0.39, 0.29) is 11.3 Å². The second-order valence-electron chi connectivity index (χ2n) is 7.42. The smallest absolute Gasteiger partial charge is 0.244 e. The van der Waals surface area contributed by atoms with Gasteiger partial charge in [-0.25, -0.2) is 0 Å². The molecule has 1 N–H and O–H groups in total. The zero-order valence-corrected chi connectivity index (χ0v) is 13.2. The van der Waals surface area contributed by atoms with Gasteiger partial charge in [0, 0.05) is 12.1 Å². The molecule has 3 atom stereocenters. The summed E-state index contributed by atoms with van der Waals surface area (Å²) in [5.74, 6) is 0.791. The molecule has 1 amide bonds. The summed E-state index contributed by atoms with van der Waals surface area (Å²) in [6.07, 6.45) is 7.23. The number of carbonyl (C=O) groups is 1. The fraction of sp³-hybridized carbons (Fsp3) is 0.526. The molecule has 0 aromatic heterocycles. The van der Waals surface area contributed by atoms with Crippen LogP contribution in [0, 0.1) is 16.7 Å². The van der Waals surface area contributed by atoms with Gasteiger partial charge >= 0.3 is 0 Å². The van der Waals surface area contributed by atoms with Gasteiger partial charge in [0.1, 0.15) is 0 Å². The Hall–Kier alpha value is -1.57. The van der Waals surface area contributed by atoms with E-state index in [0.29, 0.717) is 11.5 Å². The van der Waals surface area contributed by atoms with Crippen molar-refractivity contribution in [2.24, 2.45) is 16.7 Å². The first-order valence-corrected chi connectivity index (χ1v) is 7.97. The second-order valence-corrected chi connectivity index (χ2v) is 7.42. The summed E-state index contributed by atoms with van der Waals surface area (Å²) >= 11 is 0. The summed E-state index contributed by atoms with van der Waals surface area (Å²) in [6.45, 7) is 7.10. The summed E-state index contributed by atoms with van der Waals surface area (Å²) in [7, 11) is 0. The lowest BCUT2D eigenvalue weighted by molar-refractivity contribution is -0.118. The molecule has 2 fully saturated rings. The highest BCUT2D eigenvalue weighted by molar-refractivity contribution is 5.92. The van der Waals surface area contributed by atoms with E-state index in [4.69, 9.17) is 0 Å². The molecule has 0 heterocycles. The number of amides is 1. The van der Waals surface area contributed by atoms with Crippen LogP contribution in [0.2, 0.25) is 0 Å². The molecular weight excluding hydrogens is 258 g/mol. The standard InChI is InChI=1S/C19H25NO/c1-18(2)15-11-12-19(18,3)16(13-15)20-17(21)10-9-14-7-5-4-6-8-14/h4-10,15-16H,11-13H2,1-3H3,(H,20,21)/b10-9+/t15-,16-,19-/m1/s1. The van der Waals surface area contributed by atoms with E-state index in [9.17, 15) is 4.79 Å². The maximum absolute atomic E-state index is 12.2. The number of nitrogens with one attached hydrogen (secondary N) is 1. The van der Waals surface area contributed by atoms with Gasteiger partial charge in [0.2, 0.25) is 5.91 Å². The van der Waals surface area contributed by atoms with Gasteiger partial charge in [-0.05, 0) is 47.6 Å². The van der Waals surface area contributed by atoms with Crippen molar-refractivity contribution >= 4 is 12.0 Å². The van der Waals surface area contributed by atoms with Crippen LogP contribution in [0.4, 0.5) is 0 Å². The third kappa shape index (κ3) is 2.31. The van der Waals surface area contributed by atoms with Crippen LogP contribution in [0.3, 0.4) is 0 Å². The topological polar surface area (TPSA) is 29.1 Å². The Morgan fingerprint density at radius 3 is 2.52 bits per heavy atom. The van der Waals surface area contributed by atoms with E-state index in [2.05, 4.69) is 26.1 Å². The average molecular weight is 283 g/mol. The molecule has 0 spiro atoms. The van der Waals surface area contributed by atoms with E-state index in [1.807, 2.05) is 36.4 Å².